The molecule has 0 unspecified atom stereocenters. The maximum Gasteiger partial charge on any atom is 0.339 e. The van der Waals surface area contributed by atoms with E-state index in [1.165, 1.54) is 5.39 Å². The molecule has 0 saturated carbocycles. The number of fused-ring (bicyclic) bond motifs is 2. The first-order valence-corrected chi connectivity index (χ1v) is 9.51. The van der Waals surface area contributed by atoms with Crippen LogP contribution in [-0.2, 0) is 4.74 Å². The van der Waals surface area contributed by atoms with Crippen LogP contribution < -0.4 is 5.32 Å². The number of benzene rings is 3. The summed E-state index contributed by atoms with van der Waals surface area (Å²) in [5.41, 5.74) is 0.216. The maximum absolute atomic E-state index is 13.0. The average Bonchev–Trinajstić information content (AvgIpc) is 2.66. The van der Waals surface area contributed by atoms with Crippen LogP contribution in [0.1, 0.15) is 37.0 Å². The van der Waals surface area contributed by atoms with Crippen LogP contribution >= 0.6 is 0 Å². The minimum Gasteiger partial charge on any atom is -0.456 e. The molecule has 0 amide bonds. The maximum atomic E-state index is 13.0. The lowest BCUT2D eigenvalue weighted by Gasteiger charge is -2.35. The van der Waals surface area contributed by atoms with Crippen LogP contribution in [0.25, 0.3) is 21.5 Å². The number of carbonyl (C=O) groups is 1. The molecule has 1 heterocycles. The second-order valence-corrected chi connectivity index (χ2v) is 7.86. The lowest BCUT2D eigenvalue weighted by molar-refractivity contribution is -0.665. The van der Waals surface area contributed by atoms with Gasteiger partial charge in [0.25, 0.3) is 0 Å². The molecule has 26 heavy (non-hydrogen) atoms. The Balaban J connectivity index is 1.69. The molecule has 0 spiro atoms. The Morgan fingerprint density at radius 1 is 0.962 bits per heavy atom. The molecule has 3 heteroatoms. The van der Waals surface area contributed by atoms with E-state index in [-0.39, 0.29) is 5.97 Å². The third kappa shape index (κ3) is 3.19. The molecule has 2 N–H and O–H groups in total. The molecular formula is C23H26NO2+. The Kier molecular flexibility index (Phi) is 4.41. The van der Waals surface area contributed by atoms with Gasteiger partial charge < -0.3 is 10.1 Å². The molecule has 0 bridgehead atoms. The number of ether oxygens (including phenoxy) is 1. The highest BCUT2D eigenvalue weighted by molar-refractivity contribution is 6.09. The van der Waals surface area contributed by atoms with Crippen molar-refractivity contribution < 1.29 is 14.8 Å². The highest BCUT2D eigenvalue weighted by atomic mass is 16.6. The van der Waals surface area contributed by atoms with E-state index in [0.29, 0.717) is 11.5 Å². The quantitative estimate of drug-likeness (QED) is 0.576. The number of esters is 1. The van der Waals surface area contributed by atoms with Gasteiger partial charge in [-0.3, -0.25) is 0 Å². The standard InChI is InChI=1S/C23H25NO2/c1-23(2,19-10-12-24-13-11-19)26-22(25)20-9-5-8-18-14-16-6-3-4-7-17(16)15-21(18)20/h3-9,14-15,19,24H,10-13H2,1-2H3/p+1. The Bertz CT molecular complexity index is 955. The largest absolute Gasteiger partial charge is 0.456 e. The summed E-state index contributed by atoms with van der Waals surface area (Å²) >= 11 is 0. The Hall–Kier alpha value is -2.39. The van der Waals surface area contributed by atoms with Crippen molar-refractivity contribution in [2.75, 3.05) is 13.1 Å². The smallest absolute Gasteiger partial charge is 0.339 e. The van der Waals surface area contributed by atoms with Crippen molar-refractivity contribution in [1.82, 2.24) is 0 Å². The predicted octanol–water partition coefficient (Wildman–Crippen LogP) is 3.90. The van der Waals surface area contributed by atoms with E-state index in [9.17, 15) is 4.79 Å². The Labute approximate surface area is 154 Å². The topological polar surface area (TPSA) is 42.9 Å². The highest BCUT2D eigenvalue weighted by Crippen LogP contribution is 2.31. The van der Waals surface area contributed by atoms with Gasteiger partial charge in [0.15, 0.2) is 0 Å². The molecule has 134 valence electrons. The summed E-state index contributed by atoms with van der Waals surface area (Å²) in [6.45, 7) is 6.35. The minimum absolute atomic E-state index is 0.217. The van der Waals surface area contributed by atoms with E-state index in [1.54, 1.807) is 0 Å². The van der Waals surface area contributed by atoms with Crippen molar-refractivity contribution in [2.24, 2.45) is 5.92 Å². The molecule has 0 aromatic heterocycles. The van der Waals surface area contributed by atoms with Gasteiger partial charge in [-0.1, -0.05) is 36.4 Å². The van der Waals surface area contributed by atoms with Crippen molar-refractivity contribution in [3.8, 4) is 0 Å². The number of nitrogens with two attached hydrogens (primary N) is 1. The number of hydrogen-bond donors (Lipinski definition) is 1. The van der Waals surface area contributed by atoms with Crippen molar-refractivity contribution in [2.45, 2.75) is 32.3 Å². The number of piperidine rings is 1. The zero-order valence-corrected chi connectivity index (χ0v) is 15.5. The van der Waals surface area contributed by atoms with Crippen LogP contribution in [0, 0.1) is 5.92 Å². The van der Waals surface area contributed by atoms with Crippen LogP contribution in [0.2, 0.25) is 0 Å². The van der Waals surface area contributed by atoms with Crippen LogP contribution in [0.5, 0.6) is 0 Å². The summed E-state index contributed by atoms with van der Waals surface area (Å²) in [6.07, 6.45) is 2.20. The van der Waals surface area contributed by atoms with Crippen LogP contribution in [0.3, 0.4) is 0 Å². The zero-order valence-electron chi connectivity index (χ0n) is 15.5. The first-order chi connectivity index (χ1) is 12.5. The minimum atomic E-state index is -0.440. The van der Waals surface area contributed by atoms with Gasteiger partial charge >= 0.3 is 5.97 Å². The summed E-state index contributed by atoms with van der Waals surface area (Å²) in [4.78, 5) is 13.0. The number of rotatable bonds is 3. The summed E-state index contributed by atoms with van der Waals surface area (Å²) < 4.78 is 6.03. The highest BCUT2D eigenvalue weighted by Gasteiger charge is 2.35. The molecule has 4 rings (SSSR count). The van der Waals surface area contributed by atoms with Gasteiger partial charge in [-0.15, -0.1) is 0 Å². The molecule has 1 saturated heterocycles. The van der Waals surface area contributed by atoms with Crippen molar-refractivity contribution in [1.29, 1.82) is 0 Å². The summed E-state index contributed by atoms with van der Waals surface area (Å²) in [5.74, 6) is 0.206. The molecule has 3 aromatic carbocycles. The first-order valence-electron chi connectivity index (χ1n) is 9.51. The number of carbonyl (C=O) groups excluding carboxylic acids is 1. The summed E-state index contributed by atoms with van der Waals surface area (Å²) in [5, 5.41) is 6.70. The van der Waals surface area contributed by atoms with E-state index in [4.69, 9.17) is 4.74 Å². The molecule has 1 fully saturated rings. The average molecular weight is 348 g/mol. The van der Waals surface area contributed by atoms with Crippen LogP contribution in [0.15, 0.2) is 54.6 Å². The molecule has 0 radical (unpaired) electrons. The van der Waals surface area contributed by atoms with E-state index in [0.717, 1.165) is 42.1 Å². The van der Waals surface area contributed by atoms with Crippen molar-refractivity contribution in [3.63, 3.8) is 0 Å². The molecule has 0 atom stereocenters. The van der Waals surface area contributed by atoms with Gasteiger partial charge in [0.1, 0.15) is 5.60 Å². The molecule has 1 aliphatic rings. The molecular weight excluding hydrogens is 322 g/mol. The molecule has 0 aliphatic carbocycles. The monoisotopic (exact) mass is 348 g/mol. The normalized spacial score (nSPS) is 16.1. The molecule has 3 aromatic rings. The third-order valence-corrected chi connectivity index (χ3v) is 5.74. The number of hydrogen-bond acceptors (Lipinski definition) is 2. The van der Waals surface area contributed by atoms with Gasteiger partial charge in [0, 0.05) is 18.8 Å². The Morgan fingerprint density at radius 2 is 1.62 bits per heavy atom. The lowest BCUT2D eigenvalue weighted by atomic mass is 9.83. The summed E-state index contributed by atoms with van der Waals surface area (Å²) in [7, 11) is 0. The van der Waals surface area contributed by atoms with Crippen LogP contribution in [-0.4, -0.2) is 24.7 Å². The van der Waals surface area contributed by atoms with E-state index < -0.39 is 5.60 Å². The second kappa shape index (κ2) is 6.73. The van der Waals surface area contributed by atoms with Gasteiger partial charge in [0.05, 0.1) is 18.7 Å². The van der Waals surface area contributed by atoms with Gasteiger partial charge in [0.2, 0.25) is 0 Å². The van der Waals surface area contributed by atoms with Crippen molar-refractivity contribution >= 4 is 27.5 Å². The van der Waals surface area contributed by atoms with E-state index >= 15 is 0 Å². The van der Waals surface area contributed by atoms with Gasteiger partial charge in [-0.2, -0.15) is 0 Å². The predicted molar refractivity (Wildman–Crippen MR) is 105 cm³/mol. The molecule has 1 aliphatic heterocycles. The summed E-state index contributed by atoms with van der Waals surface area (Å²) in [6, 6.07) is 18.4. The van der Waals surface area contributed by atoms with E-state index in [1.807, 2.05) is 24.3 Å². The molecule has 3 nitrogen and oxygen atoms in total. The number of quaternary nitrogens is 1. The Morgan fingerprint density at radius 3 is 2.35 bits per heavy atom. The zero-order chi connectivity index (χ0) is 18.1. The van der Waals surface area contributed by atoms with Crippen molar-refractivity contribution in [3.05, 3.63) is 60.2 Å². The first kappa shape index (κ1) is 17.0. The lowest BCUT2D eigenvalue weighted by Crippen LogP contribution is -2.86. The van der Waals surface area contributed by atoms with Gasteiger partial charge in [-0.05, 0) is 53.6 Å². The van der Waals surface area contributed by atoms with E-state index in [2.05, 4.69) is 49.5 Å². The van der Waals surface area contributed by atoms with Gasteiger partial charge in [-0.25, -0.2) is 4.79 Å². The third-order valence-electron chi connectivity index (χ3n) is 5.74. The van der Waals surface area contributed by atoms with Crippen LogP contribution in [0.4, 0.5) is 0 Å². The SMILES string of the molecule is CC(C)(OC(=O)c1cccc2cc3ccccc3cc12)C1CC[NH2+]CC1. The fourth-order valence-corrected chi connectivity index (χ4v) is 4.14. The fourth-order valence-electron chi connectivity index (χ4n) is 4.14. The fraction of sp³-hybridized carbons (Fsp3) is 0.348. The second-order valence-electron chi connectivity index (χ2n) is 7.86.